The Hall–Kier alpha value is -4.40. The van der Waals surface area contributed by atoms with Gasteiger partial charge in [-0.25, -0.2) is 0 Å². The van der Waals surface area contributed by atoms with E-state index in [4.69, 9.17) is 4.42 Å². The van der Waals surface area contributed by atoms with Gasteiger partial charge >= 0.3 is 0 Å². The number of furan rings is 1. The molecular weight excluding hydrogens is 456 g/mol. The molecule has 0 fully saturated rings. The van der Waals surface area contributed by atoms with Crippen LogP contribution in [0.25, 0.3) is 75.8 Å². The van der Waals surface area contributed by atoms with Gasteiger partial charge in [0.05, 0.1) is 0 Å². The average molecular weight is 477 g/mol. The average Bonchev–Trinajstić information content (AvgIpc) is 3.56. The SMILES string of the molecule is c1ccc(-c2c3ccccc3c(-c3cc4sccc4c4c3oc3ccccc34)c3ccccc23)cc1. The molecule has 0 bridgehead atoms. The van der Waals surface area contributed by atoms with Gasteiger partial charge in [-0.05, 0) is 56.3 Å². The van der Waals surface area contributed by atoms with Crippen LogP contribution in [0.3, 0.4) is 0 Å². The van der Waals surface area contributed by atoms with Crippen LogP contribution >= 0.6 is 11.3 Å². The summed E-state index contributed by atoms with van der Waals surface area (Å²) in [4.78, 5) is 0. The number of benzene rings is 6. The summed E-state index contributed by atoms with van der Waals surface area (Å²) in [6, 6.07) is 41.3. The van der Waals surface area contributed by atoms with E-state index in [1.54, 1.807) is 11.3 Å². The number of rotatable bonds is 2. The fourth-order valence-corrected chi connectivity index (χ4v) is 6.69. The lowest BCUT2D eigenvalue weighted by atomic mass is 9.85. The molecule has 0 aliphatic rings. The third-order valence-electron chi connectivity index (χ3n) is 7.34. The number of hydrogen-bond acceptors (Lipinski definition) is 2. The van der Waals surface area contributed by atoms with Gasteiger partial charge in [0.1, 0.15) is 11.2 Å². The van der Waals surface area contributed by atoms with Gasteiger partial charge in [-0.15, -0.1) is 11.3 Å². The predicted octanol–water partition coefficient (Wildman–Crippen LogP) is 10.4. The van der Waals surface area contributed by atoms with Crippen LogP contribution in [0.5, 0.6) is 0 Å². The first kappa shape index (κ1) is 19.9. The molecule has 0 aliphatic heterocycles. The second-order valence-corrected chi connectivity index (χ2v) is 10.2. The summed E-state index contributed by atoms with van der Waals surface area (Å²) in [5.74, 6) is 0. The van der Waals surface area contributed by atoms with Crippen LogP contribution < -0.4 is 0 Å². The van der Waals surface area contributed by atoms with Crippen LogP contribution in [-0.4, -0.2) is 0 Å². The molecule has 0 saturated carbocycles. The van der Waals surface area contributed by atoms with Crippen molar-refractivity contribution in [1.29, 1.82) is 0 Å². The zero-order valence-corrected chi connectivity index (χ0v) is 20.2. The van der Waals surface area contributed by atoms with E-state index in [1.807, 2.05) is 0 Å². The molecule has 0 saturated heterocycles. The molecule has 2 heterocycles. The highest BCUT2D eigenvalue weighted by Gasteiger charge is 2.22. The minimum Gasteiger partial charge on any atom is -0.455 e. The van der Waals surface area contributed by atoms with Crippen molar-refractivity contribution in [2.45, 2.75) is 0 Å². The Balaban J connectivity index is 1.62. The zero-order valence-electron chi connectivity index (χ0n) is 19.4. The van der Waals surface area contributed by atoms with E-state index >= 15 is 0 Å². The first-order valence-electron chi connectivity index (χ1n) is 12.2. The quantitative estimate of drug-likeness (QED) is 0.226. The standard InChI is InChI=1S/C34H20OS/c1-2-10-21(11-3-1)31-22-12-4-6-14-24(22)32(25-15-7-5-13-23(25)31)28-20-30-27(18-19-36-30)33-26-16-8-9-17-29(26)35-34(28)33/h1-20H. The van der Waals surface area contributed by atoms with Gasteiger partial charge in [-0.2, -0.15) is 0 Å². The zero-order chi connectivity index (χ0) is 23.6. The molecule has 6 aromatic carbocycles. The molecule has 0 radical (unpaired) electrons. The largest absolute Gasteiger partial charge is 0.455 e. The lowest BCUT2D eigenvalue weighted by Gasteiger charge is -2.18. The van der Waals surface area contributed by atoms with Gasteiger partial charge in [0.15, 0.2) is 0 Å². The van der Waals surface area contributed by atoms with Crippen molar-refractivity contribution in [3.8, 4) is 22.3 Å². The highest BCUT2D eigenvalue weighted by Crippen LogP contribution is 2.48. The number of fused-ring (bicyclic) bond motifs is 7. The molecule has 168 valence electrons. The molecule has 36 heavy (non-hydrogen) atoms. The first-order valence-corrected chi connectivity index (χ1v) is 13.1. The first-order chi connectivity index (χ1) is 17.9. The van der Waals surface area contributed by atoms with Crippen molar-refractivity contribution in [2.75, 3.05) is 0 Å². The van der Waals surface area contributed by atoms with Gasteiger partial charge in [0.25, 0.3) is 0 Å². The Morgan fingerprint density at radius 3 is 1.78 bits per heavy atom. The lowest BCUT2D eigenvalue weighted by molar-refractivity contribution is 0.670. The highest BCUT2D eigenvalue weighted by atomic mass is 32.1. The van der Waals surface area contributed by atoms with Crippen molar-refractivity contribution in [2.24, 2.45) is 0 Å². The molecule has 8 rings (SSSR count). The lowest BCUT2D eigenvalue weighted by Crippen LogP contribution is -1.91. The minimum atomic E-state index is 0.932. The van der Waals surface area contributed by atoms with E-state index in [0.717, 1.165) is 16.7 Å². The Labute approximate surface area is 211 Å². The van der Waals surface area contributed by atoms with Crippen LogP contribution in [0.2, 0.25) is 0 Å². The van der Waals surface area contributed by atoms with E-state index in [1.165, 1.54) is 59.1 Å². The van der Waals surface area contributed by atoms with E-state index in [9.17, 15) is 0 Å². The van der Waals surface area contributed by atoms with E-state index in [0.29, 0.717) is 0 Å². The van der Waals surface area contributed by atoms with Gasteiger partial charge in [-0.3, -0.25) is 0 Å². The monoisotopic (exact) mass is 476 g/mol. The van der Waals surface area contributed by atoms with Crippen LogP contribution in [0, 0.1) is 0 Å². The maximum absolute atomic E-state index is 6.63. The van der Waals surface area contributed by atoms with Crippen LogP contribution in [0.15, 0.2) is 125 Å². The van der Waals surface area contributed by atoms with Crippen molar-refractivity contribution in [1.82, 2.24) is 0 Å². The van der Waals surface area contributed by atoms with Crippen LogP contribution in [0.1, 0.15) is 0 Å². The Kier molecular flexibility index (Phi) is 4.16. The molecule has 0 atom stereocenters. The Bertz CT molecular complexity index is 2040. The van der Waals surface area contributed by atoms with Crippen molar-refractivity contribution >= 4 is 64.9 Å². The molecule has 0 aliphatic carbocycles. The number of hydrogen-bond donors (Lipinski definition) is 0. The summed E-state index contributed by atoms with van der Waals surface area (Å²) >= 11 is 1.79. The Morgan fingerprint density at radius 1 is 0.500 bits per heavy atom. The van der Waals surface area contributed by atoms with Gasteiger partial charge < -0.3 is 4.42 Å². The maximum Gasteiger partial charge on any atom is 0.143 e. The number of para-hydroxylation sites is 1. The molecule has 2 heteroatoms. The summed E-state index contributed by atoms with van der Waals surface area (Å²) in [5, 5.41) is 10.8. The molecule has 1 nitrogen and oxygen atoms in total. The van der Waals surface area contributed by atoms with Crippen LogP contribution in [0.4, 0.5) is 0 Å². The van der Waals surface area contributed by atoms with Crippen molar-refractivity contribution in [3.05, 3.63) is 121 Å². The molecular formula is C34H20OS. The smallest absolute Gasteiger partial charge is 0.143 e. The Morgan fingerprint density at radius 2 is 1.08 bits per heavy atom. The highest BCUT2D eigenvalue weighted by molar-refractivity contribution is 7.17. The third kappa shape index (κ3) is 2.71. The number of thiophene rings is 1. The maximum atomic E-state index is 6.63. The summed E-state index contributed by atoms with van der Waals surface area (Å²) in [6.07, 6.45) is 0. The molecule has 0 amide bonds. The van der Waals surface area contributed by atoms with Gasteiger partial charge in [0, 0.05) is 32.0 Å². The molecule has 2 aromatic heterocycles. The topological polar surface area (TPSA) is 13.1 Å². The minimum absolute atomic E-state index is 0.932. The fourth-order valence-electron chi connectivity index (χ4n) is 5.86. The van der Waals surface area contributed by atoms with Gasteiger partial charge in [0.2, 0.25) is 0 Å². The molecule has 0 unspecified atom stereocenters. The summed E-state index contributed by atoms with van der Waals surface area (Å²) in [7, 11) is 0. The van der Waals surface area contributed by atoms with E-state index in [-0.39, 0.29) is 0 Å². The van der Waals surface area contributed by atoms with E-state index < -0.39 is 0 Å². The summed E-state index contributed by atoms with van der Waals surface area (Å²) in [6.45, 7) is 0. The summed E-state index contributed by atoms with van der Waals surface area (Å²) < 4.78 is 7.91. The third-order valence-corrected chi connectivity index (χ3v) is 8.21. The van der Waals surface area contributed by atoms with Crippen LogP contribution in [-0.2, 0) is 0 Å². The summed E-state index contributed by atoms with van der Waals surface area (Å²) in [5.41, 5.74) is 6.80. The van der Waals surface area contributed by atoms with Crippen molar-refractivity contribution in [3.63, 3.8) is 0 Å². The van der Waals surface area contributed by atoms with E-state index in [2.05, 4.69) is 121 Å². The van der Waals surface area contributed by atoms with Crippen molar-refractivity contribution < 1.29 is 4.42 Å². The normalized spacial score (nSPS) is 11.9. The molecule has 8 aromatic rings. The second kappa shape index (κ2) is 7.55. The molecule has 0 spiro atoms. The fraction of sp³-hybridized carbons (Fsp3) is 0. The van der Waals surface area contributed by atoms with Gasteiger partial charge in [-0.1, -0.05) is 97.1 Å². The second-order valence-electron chi connectivity index (χ2n) is 9.27. The molecule has 0 N–H and O–H groups in total. The predicted molar refractivity (Wildman–Crippen MR) is 155 cm³/mol.